The second-order valence-corrected chi connectivity index (χ2v) is 9.75. The predicted octanol–water partition coefficient (Wildman–Crippen LogP) is 6.78. The van der Waals surface area contributed by atoms with E-state index in [9.17, 15) is 4.79 Å². The number of anilines is 1. The molecule has 3 rings (SSSR count). The minimum absolute atomic E-state index is 0.0250. The van der Waals surface area contributed by atoms with Crippen molar-refractivity contribution in [2.45, 2.75) is 20.5 Å². The Morgan fingerprint density at radius 2 is 1.67 bits per heavy atom. The summed E-state index contributed by atoms with van der Waals surface area (Å²) >= 11 is 50.0. The topological polar surface area (TPSA) is 29.1 Å². The van der Waals surface area contributed by atoms with Gasteiger partial charge in [0.1, 0.15) is 9.75 Å². The predicted molar refractivity (Wildman–Crippen MR) is 104 cm³/mol. The minimum atomic E-state index is -1.75. The van der Waals surface area contributed by atoms with Gasteiger partial charge in [-0.3, -0.25) is 4.79 Å². The van der Waals surface area contributed by atoms with E-state index in [-0.39, 0.29) is 21.5 Å². The summed E-state index contributed by atoms with van der Waals surface area (Å²) < 4.78 is -1.75. The van der Waals surface area contributed by atoms with E-state index in [0.29, 0.717) is 10.7 Å². The van der Waals surface area contributed by atoms with Crippen LogP contribution >= 0.6 is 92.8 Å². The van der Waals surface area contributed by atoms with Gasteiger partial charge in [0.2, 0.25) is 5.91 Å². The molecule has 1 saturated carbocycles. The molecule has 2 aliphatic rings. The maximum atomic E-state index is 12.7. The Balaban J connectivity index is 1.96. The molecule has 0 unspecified atom stereocenters. The first-order valence-corrected chi connectivity index (χ1v) is 9.57. The molecule has 0 aromatic heterocycles. The summed E-state index contributed by atoms with van der Waals surface area (Å²) in [6, 6.07) is 4.64. The number of benzene rings is 1. The maximum Gasteiger partial charge on any atom is 0.229 e. The molecule has 1 aromatic rings. The molecule has 1 amide bonds. The van der Waals surface area contributed by atoms with Crippen LogP contribution in [0.3, 0.4) is 0 Å². The van der Waals surface area contributed by atoms with Gasteiger partial charge >= 0.3 is 0 Å². The zero-order valence-corrected chi connectivity index (χ0v) is 17.5. The average molecular weight is 489 g/mol. The van der Waals surface area contributed by atoms with Crippen molar-refractivity contribution in [3.05, 3.63) is 38.3 Å². The smallest absolute Gasteiger partial charge is 0.229 e. The number of hydrogen-bond acceptors (Lipinski definition) is 1. The molecule has 2 aliphatic carbocycles. The number of allylic oxidation sites excluding steroid dienone is 2. The van der Waals surface area contributed by atoms with Gasteiger partial charge in [-0.2, -0.15) is 0 Å². The summed E-state index contributed by atoms with van der Waals surface area (Å²) in [6.45, 7) is 0. The van der Waals surface area contributed by atoms with Crippen LogP contribution in [0.4, 0.5) is 5.69 Å². The fraction of sp³-hybridized carbons (Fsp3) is 0.357. The van der Waals surface area contributed by atoms with E-state index >= 15 is 0 Å². The molecule has 1 N–H and O–H groups in total. The number of nitrogens with one attached hydrogen (secondary N) is 1. The molecular formula is C14H7Cl8NO. The van der Waals surface area contributed by atoms with Gasteiger partial charge in [0.05, 0.1) is 26.7 Å². The third-order valence-corrected chi connectivity index (χ3v) is 9.11. The molecule has 0 spiro atoms. The van der Waals surface area contributed by atoms with Crippen molar-refractivity contribution in [3.63, 3.8) is 0 Å². The van der Waals surface area contributed by atoms with E-state index in [1.165, 1.54) is 6.07 Å². The van der Waals surface area contributed by atoms with Crippen molar-refractivity contribution in [2.24, 2.45) is 5.92 Å². The van der Waals surface area contributed by atoms with Crippen LogP contribution in [0.5, 0.6) is 0 Å². The standard InChI is InChI=1S/C14H7Cl8NO/c15-5-1-2-8(7(16)3-5)23-11(24)6-4-12(19)9(17)10(18)13(6,20)14(12,21)22/h1-3,6H,4H2,(H,23,24)/t6-,12+,13+/m1/s1. The summed E-state index contributed by atoms with van der Waals surface area (Å²) in [5.41, 5.74) is 0.360. The van der Waals surface area contributed by atoms with Gasteiger partial charge in [-0.05, 0) is 24.6 Å². The van der Waals surface area contributed by atoms with Crippen molar-refractivity contribution in [3.8, 4) is 0 Å². The number of halogens is 8. The number of carbonyl (C=O) groups is 1. The quantitative estimate of drug-likeness (QED) is 0.457. The van der Waals surface area contributed by atoms with Gasteiger partial charge in [0, 0.05) is 5.02 Å². The van der Waals surface area contributed by atoms with Gasteiger partial charge in [-0.15, -0.1) is 23.2 Å². The van der Waals surface area contributed by atoms with Crippen LogP contribution < -0.4 is 5.32 Å². The monoisotopic (exact) mass is 485 g/mol. The Morgan fingerprint density at radius 3 is 2.17 bits per heavy atom. The number of rotatable bonds is 2. The lowest BCUT2D eigenvalue weighted by Crippen LogP contribution is -2.46. The highest BCUT2D eigenvalue weighted by Crippen LogP contribution is 2.74. The number of hydrogen-bond donors (Lipinski definition) is 1. The Kier molecular flexibility index (Phi) is 4.99. The highest BCUT2D eigenvalue weighted by molar-refractivity contribution is 6.66. The Labute approximate surface area is 178 Å². The van der Waals surface area contributed by atoms with E-state index in [0.717, 1.165) is 0 Å². The van der Waals surface area contributed by atoms with Crippen molar-refractivity contribution in [1.29, 1.82) is 0 Å². The maximum absolute atomic E-state index is 12.7. The van der Waals surface area contributed by atoms with Gasteiger partial charge in [0.25, 0.3) is 0 Å². The molecule has 24 heavy (non-hydrogen) atoms. The molecule has 2 nitrogen and oxygen atoms in total. The first kappa shape index (κ1) is 19.5. The van der Waals surface area contributed by atoms with Crippen molar-refractivity contribution < 1.29 is 4.79 Å². The molecule has 2 bridgehead atoms. The lowest BCUT2D eigenvalue weighted by molar-refractivity contribution is -0.120. The number of amides is 1. The molecule has 0 heterocycles. The van der Waals surface area contributed by atoms with Gasteiger partial charge in [-0.1, -0.05) is 69.6 Å². The molecular weight excluding hydrogens is 482 g/mol. The fourth-order valence-electron chi connectivity index (χ4n) is 2.99. The summed E-state index contributed by atoms with van der Waals surface area (Å²) in [6.07, 6.45) is 0.0250. The Bertz CT molecular complexity index is 778. The number of fused-ring (bicyclic) bond motifs is 2. The second-order valence-electron chi connectivity index (χ2n) is 5.59. The Morgan fingerprint density at radius 1 is 1.04 bits per heavy atom. The lowest BCUT2D eigenvalue weighted by atomic mass is 9.91. The molecule has 0 saturated heterocycles. The van der Waals surface area contributed by atoms with E-state index in [1.807, 2.05) is 0 Å². The van der Waals surface area contributed by atoms with E-state index in [1.54, 1.807) is 12.1 Å². The second kappa shape index (κ2) is 6.14. The molecule has 0 radical (unpaired) electrons. The summed E-state index contributed by atoms with van der Waals surface area (Å²) in [7, 11) is 0. The summed E-state index contributed by atoms with van der Waals surface area (Å²) in [5, 5.41) is 3.40. The molecule has 1 aromatic carbocycles. The summed E-state index contributed by atoms with van der Waals surface area (Å²) in [5.74, 6) is -1.39. The zero-order valence-electron chi connectivity index (χ0n) is 11.4. The van der Waals surface area contributed by atoms with E-state index < -0.39 is 25.9 Å². The highest BCUT2D eigenvalue weighted by Gasteiger charge is 2.79. The molecule has 130 valence electrons. The van der Waals surface area contributed by atoms with Crippen molar-refractivity contribution in [2.75, 3.05) is 5.32 Å². The van der Waals surface area contributed by atoms with Crippen molar-refractivity contribution >= 4 is 104 Å². The average Bonchev–Trinajstić information content (AvgIpc) is 2.72. The largest absolute Gasteiger partial charge is 0.324 e. The highest BCUT2D eigenvalue weighted by atomic mass is 35.5. The normalized spacial score (nSPS) is 33.9. The van der Waals surface area contributed by atoms with Crippen LogP contribution in [0.2, 0.25) is 10.0 Å². The first-order valence-electron chi connectivity index (χ1n) is 6.54. The van der Waals surface area contributed by atoms with Crippen molar-refractivity contribution in [1.82, 2.24) is 0 Å². The molecule has 0 aliphatic heterocycles. The van der Waals surface area contributed by atoms with Crippen LogP contribution in [-0.4, -0.2) is 20.0 Å². The fourth-order valence-corrected chi connectivity index (χ4v) is 6.22. The van der Waals surface area contributed by atoms with Crippen LogP contribution in [0.25, 0.3) is 0 Å². The van der Waals surface area contributed by atoms with Crippen LogP contribution in [0, 0.1) is 5.92 Å². The number of carbonyl (C=O) groups excluding carboxylic acids is 1. The number of alkyl halides is 4. The summed E-state index contributed by atoms with van der Waals surface area (Å²) in [4.78, 5) is 9.66. The third-order valence-electron chi connectivity index (χ3n) is 4.29. The minimum Gasteiger partial charge on any atom is -0.324 e. The SMILES string of the molecule is O=C(Nc1ccc(Cl)cc1Cl)[C@H]1C[C@]2(Cl)C(Cl)=C(Cl)[C@]1(Cl)C2(Cl)Cl. The molecule has 10 heteroatoms. The van der Waals surface area contributed by atoms with Crippen LogP contribution in [0.1, 0.15) is 6.42 Å². The molecule has 3 atom stereocenters. The van der Waals surface area contributed by atoms with Gasteiger partial charge in [-0.25, -0.2) is 0 Å². The van der Waals surface area contributed by atoms with E-state index in [2.05, 4.69) is 5.32 Å². The first-order chi connectivity index (χ1) is 11.0. The zero-order chi connectivity index (χ0) is 18.1. The molecule has 1 fully saturated rings. The van der Waals surface area contributed by atoms with Crippen LogP contribution in [-0.2, 0) is 4.79 Å². The lowest BCUT2D eigenvalue weighted by Gasteiger charge is -2.33. The van der Waals surface area contributed by atoms with Crippen LogP contribution in [0.15, 0.2) is 28.3 Å². The third kappa shape index (κ3) is 2.42. The van der Waals surface area contributed by atoms with Gasteiger partial charge < -0.3 is 5.32 Å². The van der Waals surface area contributed by atoms with Gasteiger partial charge in [0.15, 0.2) is 4.33 Å². The van der Waals surface area contributed by atoms with E-state index in [4.69, 9.17) is 92.8 Å². The Hall–Kier alpha value is 0.750.